The standard InChI is InChI=1S/C14H15N5S/c1-11-15-8-10-18(11)9-7-13-16-17-14(20)19(13)12-5-3-2-4-6-12/h2-6,8,10H,7,9H2,1H3,(H,17,20). The van der Waals surface area contributed by atoms with Crippen LogP contribution in [0.1, 0.15) is 11.6 Å². The molecule has 20 heavy (non-hydrogen) atoms. The Morgan fingerprint density at radius 3 is 2.75 bits per heavy atom. The Balaban J connectivity index is 1.88. The van der Waals surface area contributed by atoms with Crippen LogP contribution in [0, 0.1) is 11.7 Å². The molecule has 0 saturated heterocycles. The van der Waals surface area contributed by atoms with E-state index in [0.717, 1.165) is 30.3 Å². The molecule has 0 unspecified atom stereocenters. The van der Waals surface area contributed by atoms with Crippen molar-refractivity contribution in [3.05, 3.63) is 59.1 Å². The van der Waals surface area contributed by atoms with Gasteiger partial charge in [0, 0.05) is 31.0 Å². The van der Waals surface area contributed by atoms with E-state index in [2.05, 4.69) is 19.7 Å². The maximum atomic E-state index is 5.32. The fraction of sp³-hybridized carbons (Fsp3) is 0.214. The van der Waals surface area contributed by atoms with Gasteiger partial charge in [0.05, 0.1) is 0 Å². The average Bonchev–Trinajstić information content (AvgIpc) is 3.03. The van der Waals surface area contributed by atoms with E-state index in [0.29, 0.717) is 4.77 Å². The third-order valence-electron chi connectivity index (χ3n) is 3.26. The van der Waals surface area contributed by atoms with Crippen LogP contribution in [-0.2, 0) is 13.0 Å². The number of hydrogen-bond donors (Lipinski definition) is 1. The maximum Gasteiger partial charge on any atom is 0.199 e. The van der Waals surface area contributed by atoms with E-state index in [4.69, 9.17) is 12.2 Å². The normalized spacial score (nSPS) is 10.8. The van der Waals surface area contributed by atoms with Crippen molar-refractivity contribution in [2.75, 3.05) is 0 Å². The minimum atomic E-state index is 0.619. The predicted octanol–water partition coefficient (Wildman–Crippen LogP) is 2.68. The Morgan fingerprint density at radius 1 is 1.25 bits per heavy atom. The fourth-order valence-corrected chi connectivity index (χ4v) is 2.46. The second-order valence-electron chi connectivity index (χ2n) is 4.53. The second kappa shape index (κ2) is 5.42. The van der Waals surface area contributed by atoms with Crippen molar-refractivity contribution >= 4 is 12.2 Å². The molecule has 0 aliphatic heterocycles. The molecule has 2 aromatic heterocycles. The number of imidazole rings is 1. The summed E-state index contributed by atoms with van der Waals surface area (Å²) in [6.07, 6.45) is 4.58. The van der Waals surface area contributed by atoms with Crippen molar-refractivity contribution in [3.8, 4) is 5.69 Å². The molecule has 0 fully saturated rings. The summed E-state index contributed by atoms with van der Waals surface area (Å²) >= 11 is 5.32. The van der Waals surface area contributed by atoms with Gasteiger partial charge in [0.15, 0.2) is 4.77 Å². The third-order valence-corrected chi connectivity index (χ3v) is 3.53. The molecule has 0 atom stereocenters. The molecule has 0 aliphatic rings. The number of aromatic nitrogens is 5. The summed E-state index contributed by atoms with van der Waals surface area (Å²) in [5.41, 5.74) is 1.03. The van der Waals surface area contributed by atoms with Crippen LogP contribution in [0.2, 0.25) is 0 Å². The van der Waals surface area contributed by atoms with E-state index in [1.54, 1.807) is 0 Å². The number of rotatable bonds is 4. The monoisotopic (exact) mass is 285 g/mol. The van der Waals surface area contributed by atoms with E-state index in [1.165, 1.54) is 0 Å². The summed E-state index contributed by atoms with van der Waals surface area (Å²) in [7, 11) is 0. The van der Waals surface area contributed by atoms with Gasteiger partial charge in [-0.1, -0.05) is 18.2 Å². The molecule has 5 nitrogen and oxygen atoms in total. The second-order valence-corrected chi connectivity index (χ2v) is 4.92. The Kier molecular flexibility index (Phi) is 3.47. The summed E-state index contributed by atoms with van der Waals surface area (Å²) in [5, 5.41) is 7.20. The van der Waals surface area contributed by atoms with Gasteiger partial charge in [-0.15, -0.1) is 0 Å². The number of para-hydroxylation sites is 1. The lowest BCUT2D eigenvalue weighted by atomic mass is 10.3. The van der Waals surface area contributed by atoms with Gasteiger partial charge in [0.2, 0.25) is 0 Å². The van der Waals surface area contributed by atoms with Crippen LogP contribution < -0.4 is 0 Å². The predicted molar refractivity (Wildman–Crippen MR) is 79.4 cm³/mol. The number of nitrogens with one attached hydrogen (secondary N) is 1. The first-order valence-corrected chi connectivity index (χ1v) is 6.86. The molecular weight excluding hydrogens is 270 g/mol. The van der Waals surface area contributed by atoms with Gasteiger partial charge in [-0.25, -0.2) is 4.98 Å². The van der Waals surface area contributed by atoms with Crippen molar-refractivity contribution in [2.45, 2.75) is 19.9 Å². The molecule has 0 bridgehead atoms. The highest BCUT2D eigenvalue weighted by molar-refractivity contribution is 7.71. The van der Waals surface area contributed by atoms with Crippen molar-refractivity contribution in [3.63, 3.8) is 0 Å². The fourth-order valence-electron chi connectivity index (χ4n) is 2.20. The Labute approximate surface area is 121 Å². The summed E-state index contributed by atoms with van der Waals surface area (Å²) in [5.74, 6) is 1.93. The summed E-state index contributed by atoms with van der Waals surface area (Å²) < 4.78 is 4.70. The first kappa shape index (κ1) is 12.8. The zero-order valence-electron chi connectivity index (χ0n) is 11.2. The number of aryl methyl sites for hydroxylation is 3. The molecule has 2 heterocycles. The van der Waals surface area contributed by atoms with E-state index in [9.17, 15) is 0 Å². The number of benzene rings is 1. The first-order chi connectivity index (χ1) is 9.75. The van der Waals surface area contributed by atoms with Gasteiger partial charge in [-0.3, -0.25) is 9.67 Å². The van der Waals surface area contributed by atoms with Gasteiger partial charge >= 0.3 is 0 Å². The largest absolute Gasteiger partial charge is 0.335 e. The van der Waals surface area contributed by atoms with E-state index < -0.39 is 0 Å². The van der Waals surface area contributed by atoms with Gasteiger partial charge < -0.3 is 4.57 Å². The molecule has 3 rings (SSSR count). The highest BCUT2D eigenvalue weighted by atomic mass is 32.1. The lowest BCUT2D eigenvalue weighted by molar-refractivity contribution is 0.644. The average molecular weight is 285 g/mol. The van der Waals surface area contributed by atoms with Crippen LogP contribution in [0.25, 0.3) is 5.69 Å². The van der Waals surface area contributed by atoms with Crippen LogP contribution in [-0.4, -0.2) is 24.3 Å². The quantitative estimate of drug-likeness (QED) is 0.750. The SMILES string of the molecule is Cc1nccn1CCc1n[nH]c(=S)n1-c1ccccc1. The molecule has 3 aromatic rings. The minimum Gasteiger partial charge on any atom is -0.335 e. The number of aromatic amines is 1. The van der Waals surface area contributed by atoms with Crippen molar-refractivity contribution in [1.82, 2.24) is 24.3 Å². The Hall–Kier alpha value is -2.21. The molecule has 0 saturated carbocycles. The number of H-pyrrole nitrogens is 1. The number of nitrogens with zero attached hydrogens (tertiary/aromatic N) is 4. The van der Waals surface area contributed by atoms with E-state index in [1.807, 2.05) is 54.2 Å². The Morgan fingerprint density at radius 2 is 2.05 bits per heavy atom. The molecule has 0 spiro atoms. The van der Waals surface area contributed by atoms with Crippen LogP contribution in [0.5, 0.6) is 0 Å². The number of hydrogen-bond acceptors (Lipinski definition) is 3. The lowest BCUT2D eigenvalue weighted by Gasteiger charge is -2.08. The van der Waals surface area contributed by atoms with Crippen LogP contribution in [0.3, 0.4) is 0 Å². The molecule has 0 radical (unpaired) electrons. The van der Waals surface area contributed by atoms with Gasteiger partial charge in [-0.2, -0.15) is 5.10 Å². The van der Waals surface area contributed by atoms with Crippen molar-refractivity contribution in [2.24, 2.45) is 0 Å². The summed E-state index contributed by atoms with van der Waals surface area (Å²) in [4.78, 5) is 4.22. The van der Waals surface area contributed by atoms with Crippen LogP contribution in [0.4, 0.5) is 0 Å². The first-order valence-electron chi connectivity index (χ1n) is 6.45. The molecule has 102 valence electrons. The van der Waals surface area contributed by atoms with Crippen molar-refractivity contribution in [1.29, 1.82) is 0 Å². The molecular formula is C14H15N5S. The van der Waals surface area contributed by atoms with Gasteiger partial charge in [0.25, 0.3) is 0 Å². The Bertz CT molecular complexity index is 753. The minimum absolute atomic E-state index is 0.619. The molecule has 1 aromatic carbocycles. The molecule has 1 N–H and O–H groups in total. The molecule has 0 amide bonds. The van der Waals surface area contributed by atoms with E-state index in [-0.39, 0.29) is 0 Å². The smallest absolute Gasteiger partial charge is 0.199 e. The van der Waals surface area contributed by atoms with Gasteiger partial charge in [-0.05, 0) is 31.3 Å². The highest BCUT2D eigenvalue weighted by Gasteiger charge is 2.08. The van der Waals surface area contributed by atoms with Crippen molar-refractivity contribution < 1.29 is 0 Å². The third kappa shape index (κ3) is 2.42. The molecule has 0 aliphatic carbocycles. The lowest BCUT2D eigenvalue weighted by Crippen LogP contribution is -2.07. The zero-order chi connectivity index (χ0) is 13.9. The van der Waals surface area contributed by atoms with Crippen LogP contribution in [0.15, 0.2) is 42.7 Å². The topological polar surface area (TPSA) is 51.4 Å². The highest BCUT2D eigenvalue weighted by Crippen LogP contribution is 2.11. The van der Waals surface area contributed by atoms with E-state index >= 15 is 0 Å². The zero-order valence-corrected chi connectivity index (χ0v) is 12.0. The summed E-state index contributed by atoms with van der Waals surface area (Å²) in [6, 6.07) is 10.0. The van der Waals surface area contributed by atoms with Gasteiger partial charge in [0.1, 0.15) is 11.6 Å². The summed E-state index contributed by atoms with van der Waals surface area (Å²) in [6.45, 7) is 2.83. The van der Waals surface area contributed by atoms with Crippen LogP contribution >= 0.6 is 12.2 Å². The maximum absolute atomic E-state index is 5.32. The molecule has 6 heteroatoms.